The number of ether oxygens (including phenoxy) is 1. The van der Waals surface area contributed by atoms with Gasteiger partial charge in [0, 0.05) is 0 Å². The molecule has 5 nitrogen and oxygen atoms in total. The van der Waals surface area contributed by atoms with Crippen LogP contribution in [0.5, 0.6) is 5.75 Å². The molecule has 0 saturated heterocycles. The van der Waals surface area contributed by atoms with Gasteiger partial charge in [0.25, 0.3) is 5.91 Å². The third-order valence-corrected chi connectivity index (χ3v) is 3.10. The predicted octanol–water partition coefficient (Wildman–Crippen LogP) is 1.97. The zero-order valence-electron chi connectivity index (χ0n) is 11.3. The minimum absolute atomic E-state index is 0.160. The molecule has 0 aliphatic carbocycles. The van der Waals surface area contributed by atoms with E-state index in [2.05, 4.69) is 6.07 Å². The van der Waals surface area contributed by atoms with E-state index in [4.69, 9.17) is 20.2 Å². The fourth-order valence-corrected chi connectivity index (χ4v) is 2.31. The van der Waals surface area contributed by atoms with Gasteiger partial charge in [0.15, 0.2) is 21.0 Å². The average Bonchev–Trinajstić information content (AvgIpc) is 2.33. The van der Waals surface area contributed by atoms with Gasteiger partial charge in [-0.3, -0.25) is 4.79 Å². The van der Waals surface area contributed by atoms with E-state index in [-0.39, 0.29) is 6.61 Å². The fraction of sp³-hybridized carbons (Fsp3) is 0.385. The van der Waals surface area contributed by atoms with E-state index in [1.165, 1.54) is 0 Å². The number of nitrogens with two attached hydrogens (primary N) is 1. The first-order chi connectivity index (χ1) is 8.81. The van der Waals surface area contributed by atoms with E-state index in [1.54, 1.807) is 24.3 Å². The summed E-state index contributed by atoms with van der Waals surface area (Å²) in [6.07, 6.45) is -0.572. The molecule has 1 amide bonds. The third kappa shape index (κ3) is 5.55. The van der Waals surface area contributed by atoms with Crippen molar-refractivity contribution in [3.8, 4) is 11.8 Å². The standard InChI is InChI=1S/C13H18N2O3Si/c1-19(2,3)18-12(8-14)10-4-6-11(7-5-10)17-9-13(15)16/h4-7,12H,9H2,1-3H3,(H2,15,16). The Labute approximate surface area is 114 Å². The molecule has 0 spiro atoms. The summed E-state index contributed by atoms with van der Waals surface area (Å²) in [7, 11) is -1.78. The van der Waals surface area contributed by atoms with Crippen LogP contribution in [0.15, 0.2) is 24.3 Å². The van der Waals surface area contributed by atoms with Crippen molar-refractivity contribution in [3.63, 3.8) is 0 Å². The lowest BCUT2D eigenvalue weighted by Gasteiger charge is -2.21. The first-order valence-corrected chi connectivity index (χ1v) is 9.31. The maximum absolute atomic E-state index is 10.6. The molecule has 0 saturated carbocycles. The predicted molar refractivity (Wildman–Crippen MR) is 73.9 cm³/mol. The van der Waals surface area contributed by atoms with Gasteiger partial charge in [-0.2, -0.15) is 5.26 Å². The third-order valence-electron chi connectivity index (χ3n) is 2.15. The van der Waals surface area contributed by atoms with Crippen LogP contribution in [-0.4, -0.2) is 20.8 Å². The van der Waals surface area contributed by atoms with Gasteiger partial charge in [0.2, 0.25) is 0 Å². The van der Waals surface area contributed by atoms with E-state index in [9.17, 15) is 4.79 Å². The molecule has 1 aromatic carbocycles. The molecule has 1 aromatic rings. The molecule has 1 unspecified atom stereocenters. The number of hydrogen-bond donors (Lipinski definition) is 1. The smallest absolute Gasteiger partial charge is 0.255 e. The second-order valence-corrected chi connectivity index (χ2v) is 9.52. The minimum atomic E-state index is -1.78. The Hall–Kier alpha value is -1.84. The van der Waals surface area contributed by atoms with Gasteiger partial charge in [-0.1, -0.05) is 12.1 Å². The highest BCUT2D eigenvalue weighted by atomic mass is 28.4. The van der Waals surface area contributed by atoms with Crippen molar-refractivity contribution < 1.29 is 14.0 Å². The molecule has 6 heteroatoms. The molecule has 1 rings (SSSR count). The molecular formula is C13H18N2O3Si. The SMILES string of the molecule is C[Si](C)(C)OC(C#N)c1ccc(OCC(N)=O)cc1. The molecule has 0 aliphatic heterocycles. The summed E-state index contributed by atoms with van der Waals surface area (Å²) in [5.41, 5.74) is 5.76. The zero-order chi connectivity index (χ0) is 14.5. The summed E-state index contributed by atoms with van der Waals surface area (Å²) < 4.78 is 10.9. The van der Waals surface area contributed by atoms with Crippen LogP contribution in [0.2, 0.25) is 19.6 Å². The van der Waals surface area contributed by atoms with Crippen LogP contribution in [0, 0.1) is 11.3 Å². The molecule has 0 aromatic heterocycles. The summed E-state index contributed by atoms with van der Waals surface area (Å²) in [5, 5.41) is 9.14. The molecule has 1 atom stereocenters. The first kappa shape index (κ1) is 15.2. The lowest BCUT2D eigenvalue weighted by Crippen LogP contribution is -2.27. The maximum atomic E-state index is 10.6. The molecule has 0 fully saturated rings. The van der Waals surface area contributed by atoms with Crippen LogP contribution >= 0.6 is 0 Å². The molecule has 2 N–H and O–H groups in total. The van der Waals surface area contributed by atoms with Crippen LogP contribution in [-0.2, 0) is 9.22 Å². The van der Waals surface area contributed by atoms with Crippen molar-refractivity contribution in [1.29, 1.82) is 5.26 Å². The molecule has 102 valence electrons. The van der Waals surface area contributed by atoms with Crippen molar-refractivity contribution in [2.45, 2.75) is 25.7 Å². The number of amides is 1. The van der Waals surface area contributed by atoms with Crippen molar-refractivity contribution in [3.05, 3.63) is 29.8 Å². The number of carbonyl (C=O) groups excluding carboxylic acids is 1. The van der Waals surface area contributed by atoms with E-state index in [0.29, 0.717) is 5.75 Å². The summed E-state index contributed by atoms with van der Waals surface area (Å²) in [6, 6.07) is 9.03. The Morgan fingerprint density at radius 2 is 1.95 bits per heavy atom. The molecule has 0 heterocycles. The van der Waals surface area contributed by atoms with Gasteiger partial charge in [-0.25, -0.2) is 0 Å². The van der Waals surface area contributed by atoms with Crippen LogP contribution in [0.3, 0.4) is 0 Å². The lowest BCUT2D eigenvalue weighted by molar-refractivity contribution is -0.119. The zero-order valence-corrected chi connectivity index (χ0v) is 12.3. The Bertz CT molecular complexity index is 474. The van der Waals surface area contributed by atoms with Crippen LogP contribution in [0.4, 0.5) is 0 Å². The van der Waals surface area contributed by atoms with E-state index in [0.717, 1.165) is 5.56 Å². The van der Waals surface area contributed by atoms with Crippen molar-refractivity contribution >= 4 is 14.2 Å². The number of primary amides is 1. The molecule has 0 bridgehead atoms. The van der Waals surface area contributed by atoms with E-state index in [1.807, 2.05) is 19.6 Å². The normalized spacial score (nSPS) is 12.5. The van der Waals surface area contributed by atoms with Gasteiger partial charge in [0.05, 0.1) is 6.07 Å². The molecule has 0 radical (unpaired) electrons. The second-order valence-electron chi connectivity index (χ2n) is 5.06. The van der Waals surface area contributed by atoms with Crippen molar-refractivity contribution in [2.75, 3.05) is 6.61 Å². The summed E-state index contributed by atoms with van der Waals surface area (Å²) >= 11 is 0. The van der Waals surface area contributed by atoms with Crippen LogP contribution in [0.1, 0.15) is 11.7 Å². The number of nitriles is 1. The number of carbonyl (C=O) groups is 1. The largest absolute Gasteiger partial charge is 0.484 e. The topological polar surface area (TPSA) is 85.3 Å². The highest BCUT2D eigenvalue weighted by Gasteiger charge is 2.22. The quantitative estimate of drug-likeness (QED) is 0.806. The lowest BCUT2D eigenvalue weighted by atomic mass is 10.1. The van der Waals surface area contributed by atoms with Crippen molar-refractivity contribution in [2.24, 2.45) is 5.73 Å². The Morgan fingerprint density at radius 3 is 2.37 bits per heavy atom. The Kier molecular flexibility index (Phi) is 5.09. The summed E-state index contributed by atoms with van der Waals surface area (Å²) in [5.74, 6) is 0.00767. The van der Waals surface area contributed by atoms with Gasteiger partial charge in [-0.15, -0.1) is 0 Å². The first-order valence-electron chi connectivity index (χ1n) is 5.90. The monoisotopic (exact) mass is 278 g/mol. The highest BCUT2D eigenvalue weighted by Crippen LogP contribution is 2.23. The van der Waals surface area contributed by atoms with E-state index < -0.39 is 20.3 Å². The summed E-state index contributed by atoms with van der Waals surface area (Å²) in [6.45, 7) is 5.93. The molecular weight excluding hydrogens is 260 g/mol. The Morgan fingerprint density at radius 1 is 1.37 bits per heavy atom. The van der Waals surface area contributed by atoms with Gasteiger partial charge < -0.3 is 14.9 Å². The minimum Gasteiger partial charge on any atom is -0.484 e. The number of nitrogens with zero attached hydrogens (tertiary/aromatic N) is 1. The number of rotatable bonds is 6. The summed E-state index contributed by atoms with van der Waals surface area (Å²) in [4.78, 5) is 10.6. The van der Waals surface area contributed by atoms with Gasteiger partial charge in [-0.05, 0) is 37.3 Å². The molecule has 0 aliphatic rings. The fourth-order valence-electron chi connectivity index (χ4n) is 1.42. The van der Waals surface area contributed by atoms with Crippen LogP contribution < -0.4 is 10.5 Å². The van der Waals surface area contributed by atoms with Crippen LogP contribution in [0.25, 0.3) is 0 Å². The van der Waals surface area contributed by atoms with Gasteiger partial charge >= 0.3 is 0 Å². The number of benzene rings is 1. The maximum Gasteiger partial charge on any atom is 0.255 e. The average molecular weight is 278 g/mol. The van der Waals surface area contributed by atoms with Crippen molar-refractivity contribution in [1.82, 2.24) is 0 Å². The highest BCUT2D eigenvalue weighted by molar-refractivity contribution is 6.69. The second kappa shape index (κ2) is 6.36. The Balaban J connectivity index is 2.74. The number of hydrogen-bond acceptors (Lipinski definition) is 4. The van der Waals surface area contributed by atoms with E-state index >= 15 is 0 Å². The van der Waals surface area contributed by atoms with Gasteiger partial charge in [0.1, 0.15) is 5.75 Å². The molecule has 19 heavy (non-hydrogen) atoms.